The second-order valence-corrected chi connectivity index (χ2v) is 7.84. The number of fused-ring (bicyclic) bond motifs is 1. The second-order valence-electron chi connectivity index (χ2n) is 4.96. The minimum Gasteiger partial charge on any atom is -0.497 e. The zero-order chi connectivity index (χ0) is 17.5. The average Bonchev–Trinajstić information content (AvgIpc) is 2.96. The number of halogens is 2. The van der Waals surface area contributed by atoms with Crippen LogP contribution in [0.15, 0.2) is 30.6 Å². The monoisotopic (exact) mass is 385 g/mol. The number of benzene rings is 1. The van der Waals surface area contributed by atoms with Crippen molar-refractivity contribution in [2.75, 3.05) is 12.9 Å². The topological polar surface area (TPSA) is 74.1 Å². The number of hydrogen-bond donors (Lipinski definition) is 0. The van der Waals surface area contributed by atoms with E-state index < -0.39 is 10.0 Å². The summed E-state index contributed by atoms with van der Waals surface area (Å²) in [6.45, 7) is 1.58. The highest BCUT2D eigenvalue weighted by atomic mass is 35.5. The molecule has 0 atom stereocenters. The van der Waals surface area contributed by atoms with E-state index in [0.717, 1.165) is 0 Å². The number of nitrogens with zero attached hydrogens (tertiary/aromatic N) is 3. The van der Waals surface area contributed by atoms with Crippen molar-refractivity contribution < 1.29 is 13.2 Å². The number of ether oxygens (including phenoxy) is 1. The van der Waals surface area contributed by atoms with Crippen molar-refractivity contribution in [1.29, 1.82) is 0 Å². The van der Waals surface area contributed by atoms with Gasteiger partial charge in [0.1, 0.15) is 5.75 Å². The molecule has 0 spiro atoms. The molecule has 0 unspecified atom stereocenters. The Labute approximate surface area is 149 Å². The summed E-state index contributed by atoms with van der Waals surface area (Å²) in [4.78, 5) is 7.96. The molecule has 24 heavy (non-hydrogen) atoms. The molecule has 0 N–H and O–H groups in total. The van der Waals surface area contributed by atoms with Crippen LogP contribution in [0.3, 0.4) is 0 Å². The Morgan fingerprint density at radius 1 is 1.29 bits per heavy atom. The van der Waals surface area contributed by atoms with Crippen LogP contribution in [-0.2, 0) is 10.0 Å². The van der Waals surface area contributed by atoms with E-state index >= 15 is 0 Å². The van der Waals surface area contributed by atoms with Crippen LogP contribution < -0.4 is 4.74 Å². The summed E-state index contributed by atoms with van der Waals surface area (Å²) in [7, 11) is -2.00. The van der Waals surface area contributed by atoms with E-state index in [-0.39, 0.29) is 16.1 Å². The molecule has 126 valence electrons. The van der Waals surface area contributed by atoms with E-state index in [0.29, 0.717) is 27.9 Å². The lowest BCUT2D eigenvalue weighted by Gasteiger charge is -2.05. The van der Waals surface area contributed by atoms with Gasteiger partial charge in [0, 0.05) is 23.2 Å². The van der Waals surface area contributed by atoms with E-state index in [9.17, 15) is 8.42 Å². The molecule has 0 saturated carbocycles. The first kappa shape index (κ1) is 17.0. The smallest absolute Gasteiger partial charge is 0.238 e. The Morgan fingerprint density at radius 3 is 2.71 bits per heavy atom. The Balaban J connectivity index is 2.40. The molecule has 2 heterocycles. The molecular formula is C15H13Cl2N3O3S. The summed E-state index contributed by atoms with van der Waals surface area (Å²) in [5.74, 6) is 0.498. The molecular weight excluding hydrogens is 373 g/mol. The van der Waals surface area contributed by atoms with Gasteiger partial charge in [0.2, 0.25) is 15.3 Å². The summed E-state index contributed by atoms with van der Waals surface area (Å²) in [5.41, 5.74) is 1.41. The maximum absolute atomic E-state index is 12.4. The van der Waals surface area contributed by atoms with E-state index in [1.807, 2.05) is 0 Å². The summed E-state index contributed by atoms with van der Waals surface area (Å²) in [5, 5.41) is 0.981. The molecule has 0 aliphatic rings. The van der Waals surface area contributed by atoms with Gasteiger partial charge in [-0.05, 0) is 30.7 Å². The SMILES string of the molecule is CCS(=O)(=O)n1cc(-c2nc(Cl)ncc2Cl)c2ccc(OC)cc21. The first-order valence-corrected chi connectivity index (χ1v) is 9.34. The predicted molar refractivity (Wildman–Crippen MR) is 94.4 cm³/mol. The third-order valence-electron chi connectivity index (χ3n) is 3.61. The Morgan fingerprint density at radius 2 is 2.04 bits per heavy atom. The molecule has 2 aromatic heterocycles. The molecule has 0 aliphatic heterocycles. The van der Waals surface area contributed by atoms with Crippen LogP contribution in [0.2, 0.25) is 10.3 Å². The number of aromatic nitrogens is 3. The summed E-state index contributed by atoms with van der Waals surface area (Å²) < 4.78 is 31.3. The highest BCUT2D eigenvalue weighted by Crippen LogP contribution is 2.36. The van der Waals surface area contributed by atoms with Crippen LogP contribution in [0.5, 0.6) is 5.75 Å². The fourth-order valence-corrected chi connectivity index (χ4v) is 3.72. The molecule has 0 radical (unpaired) electrons. The zero-order valence-corrected chi connectivity index (χ0v) is 15.2. The number of methoxy groups -OCH3 is 1. The maximum atomic E-state index is 12.4. The van der Waals surface area contributed by atoms with Crippen molar-refractivity contribution in [3.63, 3.8) is 0 Å². The van der Waals surface area contributed by atoms with E-state index in [4.69, 9.17) is 27.9 Å². The zero-order valence-electron chi connectivity index (χ0n) is 12.8. The van der Waals surface area contributed by atoms with Crippen LogP contribution in [0.25, 0.3) is 22.2 Å². The normalized spacial score (nSPS) is 11.8. The maximum Gasteiger partial charge on any atom is 0.238 e. The van der Waals surface area contributed by atoms with Crippen LogP contribution in [-0.4, -0.2) is 35.2 Å². The van der Waals surface area contributed by atoms with Crippen molar-refractivity contribution in [2.45, 2.75) is 6.92 Å². The number of rotatable bonds is 4. The standard InChI is InChI=1S/C15H13Cl2N3O3S/c1-3-24(21,22)20-8-11(14-12(16)7-18-15(17)19-14)10-5-4-9(23-2)6-13(10)20/h4-8H,3H2,1-2H3. The first-order chi connectivity index (χ1) is 11.4. The van der Waals surface area contributed by atoms with Crippen molar-refractivity contribution in [3.05, 3.63) is 40.9 Å². The Bertz CT molecular complexity index is 1030. The lowest BCUT2D eigenvalue weighted by Crippen LogP contribution is -2.13. The van der Waals surface area contributed by atoms with Gasteiger partial charge in [0.15, 0.2) is 0 Å². The molecule has 0 saturated heterocycles. The molecule has 9 heteroatoms. The lowest BCUT2D eigenvalue weighted by atomic mass is 10.1. The third-order valence-corrected chi connectivity index (χ3v) is 5.70. The molecule has 1 aromatic carbocycles. The molecule has 0 bridgehead atoms. The Hall–Kier alpha value is -1.83. The van der Waals surface area contributed by atoms with Gasteiger partial charge in [-0.3, -0.25) is 0 Å². The molecule has 0 amide bonds. The summed E-state index contributed by atoms with van der Waals surface area (Å²) >= 11 is 12.0. The van der Waals surface area contributed by atoms with Crippen molar-refractivity contribution >= 4 is 44.1 Å². The van der Waals surface area contributed by atoms with Gasteiger partial charge in [-0.2, -0.15) is 0 Å². The second kappa shape index (κ2) is 6.23. The van der Waals surface area contributed by atoms with Gasteiger partial charge in [-0.1, -0.05) is 11.6 Å². The highest BCUT2D eigenvalue weighted by Gasteiger charge is 2.21. The van der Waals surface area contributed by atoms with Crippen LogP contribution in [0, 0.1) is 0 Å². The molecule has 3 rings (SSSR count). The van der Waals surface area contributed by atoms with Crippen molar-refractivity contribution in [3.8, 4) is 17.0 Å². The van der Waals surface area contributed by atoms with Gasteiger partial charge >= 0.3 is 0 Å². The lowest BCUT2D eigenvalue weighted by molar-refractivity contribution is 0.415. The van der Waals surface area contributed by atoms with Crippen molar-refractivity contribution in [1.82, 2.24) is 13.9 Å². The largest absolute Gasteiger partial charge is 0.497 e. The third kappa shape index (κ3) is 2.83. The molecule has 6 nitrogen and oxygen atoms in total. The highest BCUT2D eigenvalue weighted by molar-refractivity contribution is 7.90. The van der Waals surface area contributed by atoms with Crippen LogP contribution in [0.4, 0.5) is 0 Å². The van der Waals surface area contributed by atoms with Gasteiger partial charge in [-0.25, -0.2) is 22.4 Å². The van der Waals surface area contributed by atoms with E-state index in [1.165, 1.54) is 23.5 Å². The average molecular weight is 386 g/mol. The van der Waals surface area contributed by atoms with Crippen LogP contribution >= 0.6 is 23.2 Å². The van der Waals surface area contributed by atoms with E-state index in [1.54, 1.807) is 25.1 Å². The van der Waals surface area contributed by atoms with Crippen molar-refractivity contribution in [2.24, 2.45) is 0 Å². The minimum absolute atomic E-state index is 0.0298. The quantitative estimate of drug-likeness (QED) is 0.641. The van der Waals surface area contributed by atoms with Gasteiger partial charge in [-0.15, -0.1) is 0 Å². The van der Waals surface area contributed by atoms with Crippen LogP contribution in [0.1, 0.15) is 6.92 Å². The number of hydrogen-bond acceptors (Lipinski definition) is 5. The fraction of sp³-hybridized carbons (Fsp3) is 0.200. The van der Waals surface area contributed by atoms with Gasteiger partial charge in [0.25, 0.3) is 0 Å². The first-order valence-electron chi connectivity index (χ1n) is 6.98. The van der Waals surface area contributed by atoms with Gasteiger partial charge in [0.05, 0.1) is 35.3 Å². The molecule has 0 aliphatic carbocycles. The summed E-state index contributed by atoms with van der Waals surface area (Å²) in [6, 6.07) is 5.16. The predicted octanol–water partition coefficient (Wildman–Crippen LogP) is 3.61. The molecule has 3 aromatic rings. The minimum atomic E-state index is -3.52. The van der Waals surface area contributed by atoms with Gasteiger partial charge < -0.3 is 4.74 Å². The molecule has 0 fully saturated rings. The fourth-order valence-electron chi connectivity index (χ4n) is 2.40. The van der Waals surface area contributed by atoms with E-state index in [2.05, 4.69) is 9.97 Å². The summed E-state index contributed by atoms with van der Waals surface area (Å²) in [6.07, 6.45) is 2.88. The Kier molecular flexibility index (Phi) is 4.42.